The Morgan fingerprint density at radius 1 is 1.08 bits per heavy atom. The quantitative estimate of drug-likeness (QED) is 0.839. The Balaban J connectivity index is 1.32. The van der Waals surface area contributed by atoms with Crippen molar-refractivity contribution in [1.82, 2.24) is 25.4 Å². The Morgan fingerprint density at radius 2 is 1.84 bits per heavy atom. The predicted octanol–water partition coefficient (Wildman–Crippen LogP) is 2.37. The van der Waals surface area contributed by atoms with Crippen LogP contribution in [0.25, 0.3) is 0 Å². The average molecular weight is 345 g/mol. The number of piperidine rings is 1. The molecule has 0 atom stereocenters. The molecule has 1 aliphatic heterocycles. The van der Waals surface area contributed by atoms with Gasteiger partial charge in [0, 0.05) is 24.9 Å². The monoisotopic (exact) mass is 345 g/mol. The number of amides is 1. The third-order valence-electron chi connectivity index (χ3n) is 5.44. The van der Waals surface area contributed by atoms with Crippen LogP contribution in [0.15, 0.2) is 9.15 Å². The van der Waals surface area contributed by atoms with Gasteiger partial charge in [-0.25, -0.2) is 4.63 Å². The third-order valence-corrected chi connectivity index (χ3v) is 5.44. The maximum atomic E-state index is 12.4. The summed E-state index contributed by atoms with van der Waals surface area (Å²) in [6, 6.07) is 0. The van der Waals surface area contributed by atoms with Gasteiger partial charge in [-0.3, -0.25) is 4.79 Å². The van der Waals surface area contributed by atoms with E-state index in [1.54, 1.807) is 6.92 Å². The Morgan fingerprint density at radius 3 is 2.52 bits per heavy atom. The molecule has 2 fully saturated rings. The first-order valence-corrected chi connectivity index (χ1v) is 9.10. The Bertz CT molecular complexity index is 726. The van der Waals surface area contributed by atoms with Crippen LogP contribution in [0, 0.1) is 6.92 Å². The molecule has 2 aromatic heterocycles. The second-order valence-corrected chi connectivity index (χ2v) is 7.10. The van der Waals surface area contributed by atoms with E-state index in [-0.39, 0.29) is 18.2 Å². The lowest BCUT2D eigenvalue weighted by Gasteiger charge is -2.30. The first-order valence-electron chi connectivity index (χ1n) is 9.10. The maximum Gasteiger partial charge on any atom is 0.229 e. The molecule has 4 rings (SSSR count). The minimum absolute atomic E-state index is 0.0643. The van der Waals surface area contributed by atoms with Gasteiger partial charge in [0.25, 0.3) is 0 Å². The van der Waals surface area contributed by atoms with E-state index in [4.69, 9.17) is 4.52 Å². The molecule has 0 unspecified atom stereocenters. The van der Waals surface area contributed by atoms with Crippen molar-refractivity contribution in [3.8, 4) is 0 Å². The third kappa shape index (κ3) is 3.43. The summed E-state index contributed by atoms with van der Waals surface area (Å²) >= 11 is 0. The number of hydrogen-bond donors (Lipinski definition) is 0. The van der Waals surface area contributed by atoms with Crippen LogP contribution in [0.5, 0.6) is 0 Å². The summed E-state index contributed by atoms with van der Waals surface area (Å²) in [4.78, 5) is 18.9. The number of likely N-dealkylation sites (tertiary alicyclic amines) is 1. The fourth-order valence-corrected chi connectivity index (χ4v) is 3.80. The van der Waals surface area contributed by atoms with E-state index >= 15 is 0 Å². The number of aryl methyl sites for hydroxylation is 1. The molecule has 8 heteroatoms. The number of rotatable bonds is 4. The highest BCUT2D eigenvalue weighted by molar-refractivity contribution is 5.78. The number of hydrogen-bond acceptors (Lipinski definition) is 7. The number of aromatic nitrogens is 4. The maximum absolute atomic E-state index is 12.4. The molecular formula is C17H23N5O3. The van der Waals surface area contributed by atoms with Crippen molar-refractivity contribution >= 4 is 5.91 Å². The van der Waals surface area contributed by atoms with Gasteiger partial charge in [0.15, 0.2) is 5.82 Å². The van der Waals surface area contributed by atoms with E-state index in [9.17, 15) is 4.79 Å². The minimum atomic E-state index is 0.0643. The number of nitrogens with zero attached hydrogens (tertiary/aromatic N) is 5. The molecule has 1 saturated carbocycles. The highest BCUT2D eigenvalue weighted by Crippen LogP contribution is 2.34. The van der Waals surface area contributed by atoms with Crippen LogP contribution in [0.4, 0.5) is 0 Å². The van der Waals surface area contributed by atoms with Gasteiger partial charge in [-0.05, 0) is 32.6 Å². The van der Waals surface area contributed by atoms with Crippen molar-refractivity contribution in [3.05, 3.63) is 23.1 Å². The molecule has 1 saturated heterocycles. The lowest BCUT2D eigenvalue weighted by molar-refractivity contribution is -0.131. The molecular weight excluding hydrogens is 322 g/mol. The van der Waals surface area contributed by atoms with Gasteiger partial charge in [-0.2, -0.15) is 4.98 Å². The average Bonchev–Trinajstić information content (AvgIpc) is 3.37. The Hall–Kier alpha value is -2.25. The molecule has 25 heavy (non-hydrogen) atoms. The first kappa shape index (κ1) is 16.2. The molecule has 3 heterocycles. The van der Waals surface area contributed by atoms with Crippen molar-refractivity contribution < 1.29 is 13.9 Å². The second kappa shape index (κ2) is 6.93. The van der Waals surface area contributed by atoms with E-state index in [2.05, 4.69) is 25.1 Å². The van der Waals surface area contributed by atoms with Crippen molar-refractivity contribution in [2.24, 2.45) is 0 Å². The summed E-state index contributed by atoms with van der Waals surface area (Å²) in [6.45, 7) is 3.20. The lowest BCUT2D eigenvalue weighted by atomic mass is 9.96. The molecule has 2 aromatic rings. The van der Waals surface area contributed by atoms with Gasteiger partial charge in [0.2, 0.25) is 11.8 Å². The zero-order chi connectivity index (χ0) is 17.2. The van der Waals surface area contributed by atoms with E-state index in [1.807, 2.05) is 4.90 Å². The Kier molecular flexibility index (Phi) is 4.50. The smallest absolute Gasteiger partial charge is 0.229 e. The van der Waals surface area contributed by atoms with Crippen LogP contribution in [-0.2, 0) is 11.2 Å². The van der Waals surface area contributed by atoms with Crippen LogP contribution < -0.4 is 0 Å². The van der Waals surface area contributed by atoms with E-state index < -0.39 is 0 Å². The number of carbonyl (C=O) groups excluding carboxylic acids is 1. The van der Waals surface area contributed by atoms with Crippen LogP contribution in [0.3, 0.4) is 0 Å². The van der Waals surface area contributed by atoms with Crippen LogP contribution in [0.1, 0.15) is 73.5 Å². The van der Waals surface area contributed by atoms with Gasteiger partial charge >= 0.3 is 0 Å². The molecule has 0 aromatic carbocycles. The molecule has 0 N–H and O–H groups in total. The second-order valence-electron chi connectivity index (χ2n) is 7.10. The molecule has 0 bridgehead atoms. The molecule has 1 aliphatic carbocycles. The van der Waals surface area contributed by atoms with Crippen LogP contribution in [-0.4, -0.2) is 44.4 Å². The summed E-state index contributed by atoms with van der Waals surface area (Å²) < 4.78 is 10.2. The number of carbonyl (C=O) groups is 1. The summed E-state index contributed by atoms with van der Waals surface area (Å²) in [5, 5.41) is 11.7. The summed E-state index contributed by atoms with van der Waals surface area (Å²) in [7, 11) is 0. The molecule has 1 amide bonds. The zero-order valence-corrected chi connectivity index (χ0v) is 14.5. The molecule has 0 radical (unpaired) electrons. The van der Waals surface area contributed by atoms with Crippen LogP contribution >= 0.6 is 0 Å². The standard InChI is InChI=1S/C17H23N5O3/c1-11-14(20-25-19-11)10-15(23)22-8-6-13(7-9-22)17-18-16(21-24-17)12-4-2-3-5-12/h12-13H,2-10H2,1H3. The van der Waals surface area contributed by atoms with Gasteiger partial charge in [0.1, 0.15) is 11.4 Å². The van der Waals surface area contributed by atoms with Crippen LogP contribution in [0.2, 0.25) is 0 Å². The molecule has 134 valence electrons. The SMILES string of the molecule is Cc1nonc1CC(=O)N1CCC(c2nc(C3CCCC3)no2)CC1. The van der Waals surface area contributed by atoms with Crippen molar-refractivity contribution in [2.45, 2.75) is 63.7 Å². The van der Waals surface area contributed by atoms with Gasteiger partial charge in [0.05, 0.1) is 6.42 Å². The molecule has 8 nitrogen and oxygen atoms in total. The fourth-order valence-electron chi connectivity index (χ4n) is 3.80. The summed E-state index contributed by atoms with van der Waals surface area (Å²) in [6.07, 6.45) is 6.81. The van der Waals surface area contributed by atoms with E-state index in [1.165, 1.54) is 25.7 Å². The fraction of sp³-hybridized carbons (Fsp3) is 0.706. The first-order chi connectivity index (χ1) is 12.2. The highest BCUT2D eigenvalue weighted by Gasteiger charge is 2.29. The van der Waals surface area contributed by atoms with E-state index in [0.717, 1.165) is 24.6 Å². The van der Waals surface area contributed by atoms with Crippen molar-refractivity contribution in [1.29, 1.82) is 0 Å². The van der Waals surface area contributed by atoms with E-state index in [0.29, 0.717) is 30.4 Å². The Labute approximate surface area is 145 Å². The largest absolute Gasteiger partial charge is 0.342 e. The van der Waals surface area contributed by atoms with Crippen molar-refractivity contribution in [2.75, 3.05) is 13.1 Å². The topological polar surface area (TPSA) is 98.2 Å². The zero-order valence-electron chi connectivity index (χ0n) is 14.5. The van der Waals surface area contributed by atoms with Gasteiger partial charge < -0.3 is 9.42 Å². The van der Waals surface area contributed by atoms with Crippen molar-refractivity contribution in [3.63, 3.8) is 0 Å². The molecule has 0 spiro atoms. The summed E-state index contributed by atoms with van der Waals surface area (Å²) in [5.41, 5.74) is 1.29. The van der Waals surface area contributed by atoms with Gasteiger partial charge in [-0.15, -0.1) is 0 Å². The normalized spacial score (nSPS) is 19.6. The lowest BCUT2D eigenvalue weighted by Crippen LogP contribution is -2.39. The molecule has 2 aliphatic rings. The van der Waals surface area contributed by atoms with Gasteiger partial charge in [-0.1, -0.05) is 28.3 Å². The summed E-state index contributed by atoms with van der Waals surface area (Å²) in [5.74, 6) is 2.40. The highest BCUT2D eigenvalue weighted by atomic mass is 16.6. The minimum Gasteiger partial charge on any atom is -0.342 e. The predicted molar refractivity (Wildman–Crippen MR) is 86.8 cm³/mol.